The number of nitrogens with zero attached hydrogens (tertiary/aromatic N) is 4. The second-order valence-corrected chi connectivity index (χ2v) is 7.84. The fourth-order valence-electron chi connectivity index (χ4n) is 3.67. The van der Waals surface area contributed by atoms with Gasteiger partial charge in [0.05, 0.1) is 16.7 Å². The van der Waals surface area contributed by atoms with Gasteiger partial charge in [0, 0.05) is 9.86 Å². The first-order chi connectivity index (χ1) is 14.7. The number of hydrogen-bond acceptors (Lipinski definition) is 4. The zero-order chi connectivity index (χ0) is 20.2. The first-order valence-electron chi connectivity index (χ1n) is 9.34. The van der Waals surface area contributed by atoms with Crippen molar-refractivity contribution in [3.63, 3.8) is 0 Å². The van der Waals surface area contributed by atoms with E-state index in [-0.39, 0.29) is 17.4 Å². The van der Waals surface area contributed by atoms with Crippen LogP contribution in [-0.4, -0.2) is 24.9 Å². The lowest BCUT2D eigenvalue weighted by Gasteiger charge is -1.99. The van der Waals surface area contributed by atoms with Gasteiger partial charge >= 0.3 is 0 Å². The highest BCUT2D eigenvalue weighted by Gasteiger charge is 2.25. The number of hydrogen-bond donors (Lipinski definition) is 0. The molecule has 0 saturated heterocycles. The third-order valence-corrected chi connectivity index (χ3v) is 5.54. The number of benzene rings is 3. The van der Waals surface area contributed by atoms with Gasteiger partial charge in [-0.2, -0.15) is 4.68 Å². The minimum absolute atomic E-state index is 0.237. The Morgan fingerprint density at radius 3 is 2.60 bits per heavy atom. The predicted octanol–water partition coefficient (Wildman–Crippen LogP) is 5.41. The van der Waals surface area contributed by atoms with E-state index in [2.05, 4.69) is 21.0 Å². The summed E-state index contributed by atoms with van der Waals surface area (Å²) in [5.41, 5.74) is 3.08. The van der Waals surface area contributed by atoms with Crippen LogP contribution in [0, 0.1) is 0 Å². The Balaban J connectivity index is 1.62. The molecule has 0 bridgehead atoms. The average molecular weight is 457 g/mol. The predicted molar refractivity (Wildman–Crippen MR) is 117 cm³/mol. The molecule has 6 aromatic rings. The number of halogens is 1. The molecule has 0 aliphatic heterocycles. The lowest BCUT2D eigenvalue weighted by Crippen LogP contribution is -2.06. The minimum atomic E-state index is -0.301. The summed E-state index contributed by atoms with van der Waals surface area (Å²) < 4.78 is 10.2. The van der Waals surface area contributed by atoms with Gasteiger partial charge in [0.15, 0.2) is 5.76 Å². The van der Waals surface area contributed by atoms with Crippen LogP contribution in [0.15, 0.2) is 87.8 Å². The molecule has 0 unspecified atom stereocenters. The van der Waals surface area contributed by atoms with Crippen molar-refractivity contribution in [2.24, 2.45) is 0 Å². The van der Waals surface area contributed by atoms with E-state index in [1.165, 1.54) is 0 Å². The normalized spacial score (nSPS) is 11.6. The van der Waals surface area contributed by atoms with Crippen molar-refractivity contribution < 1.29 is 9.21 Å². The standard InChI is InChI=1S/C23H13BrN4O2/c24-15-10-11-19-14(12-15)13-20(30-19)21(29)22-26-28(16-6-2-1-3-7-16)23-25-17-8-4-5-9-18(17)27(22)23/h1-13H. The summed E-state index contributed by atoms with van der Waals surface area (Å²) in [6.07, 6.45) is 0. The number of imidazole rings is 1. The van der Waals surface area contributed by atoms with Crippen LogP contribution >= 0.6 is 15.9 Å². The lowest BCUT2D eigenvalue weighted by atomic mass is 10.2. The van der Waals surface area contributed by atoms with Gasteiger partial charge in [-0.05, 0) is 48.5 Å². The van der Waals surface area contributed by atoms with Gasteiger partial charge in [-0.25, -0.2) is 4.98 Å². The zero-order valence-electron chi connectivity index (χ0n) is 15.5. The third kappa shape index (κ3) is 2.52. The molecule has 0 radical (unpaired) electrons. The van der Waals surface area contributed by atoms with E-state index in [4.69, 9.17) is 9.40 Å². The van der Waals surface area contributed by atoms with Crippen LogP contribution in [0.2, 0.25) is 0 Å². The molecule has 144 valence electrons. The Labute approximate surface area is 178 Å². The topological polar surface area (TPSA) is 65.3 Å². The third-order valence-electron chi connectivity index (χ3n) is 5.05. The van der Waals surface area contributed by atoms with Crippen LogP contribution in [0.5, 0.6) is 0 Å². The van der Waals surface area contributed by atoms with E-state index in [1.807, 2.05) is 72.8 Å². The van der Waals surface area contributed by atoms with E-state index >= 15 is 0 Å². The van der Waals surface area contributed by atoms with E-state index in [1.54, 1.807) is 15.1 Å². The SMILES string of the molecule is O=C(c1cc2cc(Br)ccc2o1)c1nn(-c2ccccc2)c2nc3ccccc3n12. The Hall–Kier alpha value is -3.71. The molecule has 0 amide bonds. The number of furan rings is 1. The lowest BCUT2D eigenvalue weighted by molar-refractivity contribution is 0.100. The molecule has 6 rings (SSSR count). The fourth-order valence-corrected chi connectivity index (χ4v) is 4.05. The average Bonchev–Trinajstić information content (AvgIpc) is 3.45. The molecule has 0 saturated carbocycles. The number of rotatable bonds is 3. The van der Waals surface area contributed by atoms with Gasteiger partial charge in [-0.15, -0.1) is 5.10 Å². The van der Waals surface area contributed by atoms with Crippen LogP contribution in [0.25, 0.3) is 33.5 Å². The minimum Gasteiger partial charge on any atom is -0.452 e. The van der Waals surface area contributed by atoms with Gasteiger partial charge in [-0.1, -0.05) is 46.3 Å². The second-order valence-electron chi connectivity index (χ2n) is 6.93. The number of fused-ring (bicyclic) bond motifs is 4. The molecule has 30 heavy (non-hydrogen) atoms. The molecular weight excluding hydrogens is 444 g/mol. The van der Waals surface area contributed by atoms with E-state index in [0.717, 1.165) is 26.6 Å². The first kappa shape index (κ1) is 17.2. The van der Waals surface area contributed by atoms with Gasteiger partial charge < -0.3 is 4.42 Å². The fraction of sp³-hybridized carbons (Fsp3) is 0. The smallest absolute Gasteiger partial charge is 0.265 e. The molecule has 3 aromatic carbocycles. The van der Waals surface area contributed by atoms with Crippen molar-refractivity contribution in [1.82, 2.24) is 19.2 Å². The molecule has 0 spiro atoms. The maximum Gasteiger partial charge on any atom is 0.265 e. The quantitative estimate of drug-likeness (QED) is 0.333. The maximum absolute atomic E-state index is 13.5. The number of para-hydroxylation sites is 3. The van der Waals surface area contributed by atoms with Gasteiger partial charge in [0.25, 0.3) is 5.78 Å². The number of carbonyl (C=O) groups is 1. The van der Waals surface area contributed by atoms with Crippen molar-refractivity contribution in [3.05, 3.63) is 94.9 Å². The van der Waals surface area contributed by atoms with Crippen molar-refractivity contribution >= 4 is 49.5 Å². The summed E-state index contributed by atoms with van der Waals surface area (Å²) >= 11 is 3.45. The van der Waals surface area contributed by atoms with Crippen LogP contribution in [0.3, 0.4) is 0 Å². The monoisotopic (exact) mass is 456 g/mol. The summed E-state index contributed by atoms with van der Waals surface area (Å²) in [5.74, 6) is 0.760. The van der Waals surface area contributed by atoms with Gasteiger partial charge in [-0.3, -0.25) is 9.20 Å². The van der Waals surface area contributed by atoms with E-state index < -0.39 is 0 Å². The first-order valence-corrected chi connectivity index (χ1v) is 10.1. The number of aromatic nitrogens is 4. The van der Waals surface area contributed by atoms with Crippen molar-refractivity contribution in [3.8, 4) is 5.69 Å². The van der Waals surface area contributed by atoms with Gasteiger partial charge in [0.1, 0.15) is 5.58 Å². The highest BCUT2D eigenvalue weighted by molar-refractivity contribution is 9.10. The van der Waals surface area contributed by atoms with Crippen LogP contribution in [0.1, 0.15) is 16.4 Å². The molecular formula is C23H13BrN4O2. The van der Waals surface area contributed by atoms with Crippen molar-refractivity contribution in [1.29, 1.82) is 0 Å². The highest BCUT2D eigenvalue weighted by atomic mass is 79.9. The molecule has 0 aliphatic rings. The molecule has 0 fully saturated rings. The molecule has 7 heteroatoms. The zero-order valence-corrected chi connectivity index (χ0v) is 17.1. The summed E-state index contributed by atoms with van der Waals surface area (Å²) in [5, 5.41) is 5.48. The molecule has 0 atom stereocenters. The number of carbonyl (C=O) groups excluding carboxylic acids is 1. The summed E-state index contributed by atoms with van der Waals surface area (Å²) in [6, 6.07) is 24.7. The van der Waals surface area contributed by atoms with Crippen LogP contribution < -0.4 is 0 Å². The Bertz CT molecular complexity index is 1580. The maximum atomic E-state index is 13.5. The summed E-state index contributed by atoms with van der Waals surface area (Å²) in [7, 11) is 0. The van der Waals surface area contributed by atoms with Gasteiger partial charge in [0.2, 0.25) is 11.6 Å². The second kappa shape index (κ2) is 6.40. The van der Waals surface area contributed by atoms with E-state index in [0.29, 0.717) is 11.4 Å². The molecule has 3 aromatic heterocycles. The Morgan fingerprint density at radius 2 is 1.73 bits per heavy atom. The van der Waals surface area contributed by atoms with Crippen molar-refractivity contribution in [2.45, 2.75) is 0 Å². The Morgan fingerprint density at radius 1 is 0.933 bits per heavy atom. The highest BCUT2D eigenvalue weighted by Crippen LogP contribution is 2.27. The summed E-state index contributed by atoms with van der Waals surface area (Å²) in [4.78, 5) is 18.2. The molecule has 0 aliphatic carbocycles. The van der Waals surface area contributed by atoms with Crippen molar-refractivity contribution in [2.75, 3.05) is 0 Å². The van der Waals surface area contributed by atoms with Crippen LogP contribution in [0.4, 0.5) is 0 Å². The van der Waals surface area contributed by atoms with E-state index in [9.17, 15) is 4.79 Å². The largest absolute Gasteiger partial charge is 0.452 e. The Kier molecular flexibility index (Phi) is 3.66. The molecule has 6 nitrogen and oxygen atoms in total. The molecule has 0 N–H and O–H groups in total. The molecule has 3 heterocycles. The number of ketones is 1. The summed E-state index contributed by atoms with van der Waals surface area (Å²) in [6.45, 7) is 0. The van der Waals surface area contributed by atoms with Crippen LogP contribution in [-0.2, 0) is 0 Å².